The quantitative estimate of drug-likeness (QED) is 0.748. The van der Waals surface area contributed by atoms with Gasteiger partial charge in [-0.05, 0) is 37.5 Å². The van der Waals surface area contributed by atoms with E-state index in [1.807, 2.05) is 20.8 Å². The lowest BCUT2D eigenvalue weighted by atomic mass is 9.85. The summed E-state index contributed by atoms with van der Waals surface area (Å²) in [7, 11) is 1.75. The lowest BCUT2D eigenvalue weighted by Crippen LogP contribution is -2.55. The number of carboxylic acids is 1. The van der Waals surface area contributed by atoms with E-state index in [1.165, 1.54) is 0 Å². The zero-order valence-corrected chi connectivity index (χ0v) is 15.9. The Kier molecular flexibility index (Phi) is 8.13. The average Bonchev–Trinajstić information content (AvgIpc) is 2.50. The number of hydrogen-bond donors (Lipinski definition) is 2. The Balaban J connectivity index is 3.04. The standard InChI is InChI=1S/C19H32N2O4/c1-19(2,3)16-18(25)21(4)12-10-8-6-5-7-9-11-14(13-15(22)23)17(24)20-16/h5-6,14,16H,7-13H2,1-4H3,(H,20,24)(H,22,23). The SMILES string of the molecule is CN1CCCC=CCCCC(CC(=O)O)C(=O)NC(C(C)(C)C)C1=O. The molecule has 0 radical (unpaired) electrons. The summed E-state index contributed by atoms with van der Waals surface area (Å²) in [5, 5.41) is 11.9. The van der Waals surface area contributed by atoms with E-state index in [2.05, 4.69) is 17.5 Å². The van der Waals surface area contributed by atoms with Gasteiger partial charge in [-0.2, -0.15) is 0 Å². The maximum atomic E-state index is 12.8. The highest BCUT2D eigenvalue weighted by Crippen LogP contribution is 2.23. The van der Waals surface area contributed by atoms with Crippen LogP contribution in [-0.2, 0) is 14.4 Å². The zero-order chi connectivity index (χ0) is 19.0. The first-order chi connectivity index (χ1) is 11.6. The third-order valence-electron chi connectivity index (χ3n) is 4.52. The maximum Gasteiger partial charge on any atom is 0.304 e. The molecular weight excluding hydrogens is 320 g/mol. The molecule has 0 spiro atoms. The third kappa shape index (κ3) is 7.28. The second-order valence-electron chi connectivity index (χ2n) is 7.91. The van der Waals surface area contributed by atoms with Crippen molar-refractivity contribution >= 4 is 17.8 Å². The zero-order valence-electron chi connectivity index (χ0n) is 15.9. The summed E-state index contributed by atoms with van der Waals surface area (Å²) in [6, 6.07) is -0.667. The summed E-state index contributed by atoms with van der Waals surface area (Å²) in [4.78, 5) is 38.2. The number of rotatable bonds is 2. The number of carbonyl (C=O) groups is 3. The summed E-state index contributed by atoms with van der Waals surface area (Å²) >= 11 is 0. The van der Waals surface area contributed by atoms with Gasteiger partial charge in [-0.3, -0.25) is 14.4 Å². The molecule has 6 nitrogen and oxygen atoms in total. The first-order valence-corrected chi connectivity index (χ1v) is 9.05. The molecule has 0 aliphatic carbocycles. The van der Waals surface area contributed by atoms with Gasteiger partial charge in [-0.15, -0.1) is 0 Å². The van der Waals surface area contributed by atoms with Crippen LogP contribution < -0.4 is 5.32 Å². The van der Waals surface area contributed by atoms with Gasteiger partial charge in [-0.25, -0.2) is 0 Å². The van der Waals surface area contributed by atoms with Gasteiger partial charge in [0.25, 0.3) is 0 Å². The largest absolute Gasteiger partial charge is 0.481 e. The molecule has 0 aromatic rings. The molecule has 1 rings (SSSR count). The minimum Gasteiger partial charge on any atom is -0.481 e. The van der Waals surface area contributed by atoms with Crippen molar-refractivity contribution in [2.75, 3.05) is 13.6 Å². The van der Waals surface area contributed by atoms with E-state index in [0.29, 0.717) is 13.0 Å². The number of likely N-dealkylation sites (N-methyl/N-ethyl adjacent to an activating group) is 1. The van der Waals surface area contributed by atoms with Crippen LogP contribution in [0.4, 0.5) is 0 Å². The number of hydrogen-bond acceptors (Lipinski definition) is 3. The molecule has 2 unspecified atom stereocenters. The van der Waals surface area contributed by atoms with Gasteiger partial charge < -0.3 is 15.3 Å². The number of allylic oxidation sites excluding steroid dienone is 2. The molecule has 2 atom stereocenters. The van der Waals surface area contributed by atoms with Gasteiger partial charge in [-0.1, -0.05) is 32.9 Å². The second-order valence-corrected chi connectivity index (χ2v) is 7.91. The number of nitrogens with one attached hydrogen (secondary N) is 1. The van der Waals surface area contributed by atoms with Crippen LogP contribution in [-0.4, -0.2) is 47.4 Å². The highest BCUT2D eigenvalue weighted by atomic mass is 16.4. The second kappa shape index (κ2) is 9.59. The predicted octanol–water partition coefficient (Wildman–Crippen LogP) is 2.59. The van der Waals surface area contributed by atoms with Crippen LogP contribution in [0, 0.1) is 11.3 Å². The lowest BCUT2D eigenvalue weighted by molar-refractivity contribution is -0.143. The summed E-state index contributed by atoms with van der Waals surface area (Å²) in [6.07, 6.45) is 7.84. The van der Waals surface area contributed by atoms with E-state index < -0.39 is 23.3 Å². The Bertz CT molecular complexity index is 508. The molecule has 1 aliphatic rings. The van der Waals surface area contributed by atoms with Crippen molar-refractivity contribution in [3.63, 3.8) is 0 Å². The molecular formula is C19H32N2O4. The monoisotopic (exact) mass is 352 g/mol. The molecule has 2 N–H and O–H groups in total. The normalized spacial score (nSPS) is 24.6. The maximum absolute atomic E-state index is 12.8. The minimum absolute atomic E-state index is 0.129. The van der Waals surface area contributed by atoms with Crippen LogP contribution >= 0.6 is 0 Å². The molecule has 1 aliphatic heterocycles. The number of nitrogens with zero attached hydrogens (tertiary/aromatic N) is 1. The van der Waals surface area contributed by atoms with Crippen LogP contribution in [0.25, 0.3) is 0 Å². The molecule has 0 bridgehead atoms. The number of carbonyl (C=O) groups excluding carboxylic acids is 2. The molecule has 6 heteroatoms. The average molecular weight is 352 g/mol. The summed E-state index contributed by atoms with van der Waals surface area (Å²) < 4.78 is 0. The van der Waals surface area contributed by atoms with E-state index in [4.69, 9.17) is 5.11 Å². The predicted molar refractivity (Wildman–Crippen MR) is 97.0 cm³/mol. The lowest BCUT2D eigenvalue weighted by Gasteiger charge is -2.34. The van der Waals surface area contributed by atoms with Crippen molar-refractivity contribution in [3.05, 3.63) is 12.2 Å². The van der Waals surface area contributed by atoms with Crippen molar-refractivity contribution in [1.82, 2.24) is 10.2 Å². The fraction of sp³-hybridized carbons (Fsp3) is 0.737. The van der Waals surface area contributed by atoms with Gasteiger partial charge in [0, 0.05) is 19.5 Å². The van der Waals surface area contributed by atoms with Crippen molar-refractivity contribution in [3.8, 4) is 0 Å². The fourth-order valence-electron chi connectivity index (χ4n) is 2.94. The smallest absolute Gasteiger partial charge is 0.304 e. The van der Waals surface area contributed by atoms with E-state index in [-0.39, 0.29) is 18.2 Å². The van der Waals surface area contributed by atoms with Crippen LogP contribution in [0.2, 0.25) is 0 Å². The van der Waals surface area contributed by atoms with E-state index in [9.17, 15) is 14.4 Å². The van der Waals surface area contributed by atoms with Crippen molar-refractivity contribution in [1.29, 1.82) is 0 Å². The Morgan fingerprint density at radius 1 is 1.24 bits per heavy atom. The van der Waals surface area contributed by atoms with Crippen molar-refractivity contribution in [2.24, 2.45) is 11.3 Å². The molecule has 0 aromatic heterocycles. The molecule has 1 heterocycles. The number of aliphatic carboxylic acids is 1. The summed E-state index contributed by atoms with van der Waals surface area (Å²) in [5.74, 6) is -2.08. The van der Waals surface area contributed by atoms with Crippen molar-refractivity contribution in [2.45, 2.75) is 65.3 Å². The molecule has 25 heavy (non-hydrogen) atoms. The first-order valence-electron chi connectivity index (χ1n) is 9.05. The van der Waals surface area contributed by atoms with Gasteiger partial charge >= 0.3 is 5.97 Å². The van der Waals surface area contributed by atoms with E-state index in [1.54, 1.807) is 11.9 Å². The van der Waals surface area contributed by atoms with Crippen LogP contribution in [0.15, 0.2) is 12.2 Å². The van der Waals surface area contributed by atoms with E-state index >= 15 is 0 Å². The van der Waals surface area contributed by atoms with Gasteiger partial charge in [0.2, 0.25) is 11.8 Å². The van der Waals surface area contributed by atoms with E-state index in [0.717, 1.165) is 25.7 Å². The number of carboxylic acid groups (broad SMARTS) is 1. The molecule has 142 valence electrons. The third-order valence-corrected chi connectivity index (χ3v) is 4.52. The molecule has 2 amide bonds. The highest BCUT2D eigenvalue weighted by Gasteiger charge is 2.36. The molecule has 0 aromatic carbocycles. The molecule has 0 fully saturated rings. The Hall–Kier alpha value is -1.85. The summed E-state index contributed by atoms with van der Waals surface area (Å²) in [5.41, 5.74) is -0.453. The fourth-order valence-corrected chi connectivity index (χ4v) is 2.94. The number of amides is 2. The minimum atomic E-state index is -0.993. The Labute approximate surface area is 150 Å². The molecule has 0 saturated heterocycles. The van der Waals surface area contributed by atoms with Crippen molar-refractivity contribution < 1.29 is 19.5 Å². The summed E-state index contributed by atoms with van der Waals surface area (Å²) in [6.45, 7) is 6.34. The van der Waals surface area contributed by atoms with Crippen LogP contribution in [0.3, 0.4) is 0 Å². The first kappa shape index (κ1) is 21.2. The van der Waals surface area contributed by atoms with Gasteiger partial charge in [0.05, 0.1) is 6.42 Å². The van der Waals surface area contributed by atoms with Crippen LogP contribution in [0.1, 0.15) is 59.3 Å². The highest BCUT2D eigenvalue weighted by molar-refractivity contribution is 5.90. The topological polar surface area (TPSA) is 86.7 Å². The van der Waals surface area contributed by atoms with Gasteiger partial charge in [0.1, 0.15) is 6.04 Å². The Morgan fingerprint density at radius 3 is 2.40 bits per heavy atom. The molecule has 0 saturated carbocycles. The van der Waals surface area contributed by atoms with Gasteiger partial charge in [0.15, 0.2) is 0 Å². The Morgan fingerprint density at radius 2 is 1.84 bits per heavy atom. The van der Waals surface area contributed by atoms with Crippen LogP contribution in [0.5, 0.6) is 0 Å².